The van der Waals surface area contributed by atoms with Crippen LogP contribution in [0.5, 0.6) is 0 Å². The number of benzene rings is 8. The van der Waals surface area contributed by atoms with Gasteiger partial charge in [0.15, 0.2) is 34.9 Å². The van der Waals surface area contributed by atoms with E-state index in [1.807, 2.05) is 174 Å². The van der Waals surface area contributed by atoms with Crippen molar-refractivity contribution in [1.82, 2.24) is 39.5 Å². The molecule has 0 amide bonds. The van der Waals surface area contributed by atoms with E-state index in [0.717, 1.165) is 34.4 Å². The fourth-order valence-corrected chi connectivity index (χ4v) is 9.29. The van der Waals surface area contributed by atoms with E-state index in [-0.39, 0.29) is 17.2 Å². The standard InChI is InChI=1S/C61H36F6N8/c62-60(63,64)44-31-43(32-45(35-44)61(65,66)67)41-25-27-53-49(33-41)47-23-13-14-24-51(47)75(53)52-28-26-42(58-71-54(37-15-5-1-6-16-37)69-55(72-58)38-17-7-2-8-18-38)34-48(52)46-29-30-68-36-50(46)59-73-56(39-19-9-3-10-20-39)70-57(74-59)40-21-11-4-12-22-40/h1-36H. The van der Waals surface area contributed by atoms with Crippen LogP contribution in [-0.4, -0.2) is 39.5 Å². The normalized spacial score (nSPS) is 11.9. The van der Waals surface area contributed by atoms with E-state index >= 15 is 0 Å². The summed E-state index contributed by atoms with van der Waals surface area (Å²) >= 11 is 0. The van der Waals surface area contributed by atoms with Crippen LogP contribution in [0.25, 0.3) is 118 Å². The van der Waals surface area contributed by atoms with E-state index in [0.29, 0.717) is 84.7 Å². The highest BCUT2D eigenvalue weighted by Crippen LogP contribution is 2.44. The van der Waals surface area contributed by atoms with Crippen LogP contribution in [0.2, 0.25) is 0 Å². The Labute approximate surface area is 424 Å². The highest BCUT2D eigenvalue weighted by molar-refractivity contribution is 6.11. The molecule has 0 spiro atoms. The van der Waals surface area contributed by atoms with Gasteiger partial charge >= 0.3 is 12.4 Å². The van der Waals surface area contributed by atoms with Gasteiger partial charge in [0.2, 0.25) is 0 Å². The molecule has 75 heavy (non-hydrogen) atoms. The Balaban J connectivity index is 1.12. The summed E-state index contributed by atoms with van der Waals surface area (Å²) in [6, 6.07) is 60.2. The summed E-state index contributed by atoms with van der Waals surface area (Å²) in [6.45, 7) is 0. The lowest BCUT2D eigenvalue weighted by Crippen LogP contribution is -2.11. The first-order valence-corrected chi connectivity index (χ1v) is 23.6. The molecular formula is C61H36F6N8. The first kappa shape index (κ1) is 46.4. The summed E-state index contributed by atoms with van der Waals surface area (Å²) in [5.74, 6) is 2.53. The lowest BCUT2D eigenvalue weighted by atomic mass is 9.96. The molecule has 12 aromatic rings. The van der Waals surface area contributed by atoms with Gasteiger partial charge in [-0.25, -0.2) is 29.9 Å². The van der Waals surface area contributed by atoms with E-state index in [9.17, 15) is 26.3 Å². The Kier molecular flexibility index (Phi) is 11.6. The second kappa shape index (κ2) is 18.7. The number of fused-ring (bicyclic) bond motifs is 3. The molecule has 362 valence electrons. The molecule has 0 atom stereocenters. The summed E-state index contributed by atoms with van der Waals surface area (Å²) in [4.78, 5) is 34.8. The van der Waals surface area contributed by atoms with Crippen LogP contribution in [0.15, 0.2) is 219 Å². The summed E-state index contributed by atoms with van der Waals surface area (Å²) in [7, 11) is 0. The number of rotatable bonds is 9. The summed E-state index contributed by atoms with van der Waals surface area (Å²) in [5.41, 5.74) is 4.78. The quantitative estimate of drug-likeness (QED) is 0.133. The van der Waals surface area contributed by atoms with Crippen molar-refractivity contribution >= 4 is 21.8 Å². The van der Waals surface area contributed by atoms with Crippen molar-refractivity contribution in [3.63, 3.8) is 0 Å². The minimum absolute atomic E-state index is 0.135. The van der Waals surface area contributed by atoms with Crippen molar-refractivity contribution in [2.24, 2.45) is 0 Å². The minimum atomic E-state index is -5.02. The van der Waals surface area contributed by atoms with Gasteiger partial charge in [-0.2, -0.15) is 26.3 Å². The van der Waals surface area contributed by atoms with Crippen LogP contribution in [0.1, 0.15) is 11.1 Å². The second-order valence-corrected chi connectivity index (χ2v) is 17.6. The monoisotopic (exact) mass is 994 g/mol. The van der Waals surface area contributed by atoms with Gasteiger partial charge in [0.25, 0.3) is 0 Å². The highest BCUT2D eigenvalue weighted by atomic mass is 19.4. The summed E-state index contributed by atoms with van der Waals surface area (Å²) in [5, 5.41) is 1.30. The number of halogens is 6. The first-order valence-electron chi connectivity index (χ1n) is 23.6. The molecular weight excluding hydrogens is 959 g/mol. The van der Waals surface area contributed by atoms with Crippen molar-refractivity contribution in [3.8, 4) is 96.3 Å². The smallest absolute Gasteiger partial charge is 0.309 e. The zero-order valence-corrected chi connectivity index (χ0v) is 39.1. The second-order valence-electron chi connectivity index (χ2n) is 17.6. The summed E-state index contributed by atoms with van der Waals surface area (Å²) < 4.78 is 86.9. The van der Waals surface area contributed by atoms with Crippen LogP contribution >= 0.6 is 0 Å². The van der Waals surface area contributed by atoms with E-state index in [1.54, 1.807) is 30.6 Å². The maximum Gasteiger partial charge on any atom is 0.416 e. The number of nitrogens with zero attached hydrogens (tertiary/aromatic N) is 8. The Morgan fingerprint density at radius 2 is 0.747 bits per heavy atom. The lowest BCUT2D eigenvalue weighted by molar-refractivity contribution is -0.143. The molecule has 8 nitrogen and oxygen atoms in total. The van der Waals surface area contributed by atoms with Crippen LogP contribution < -0.4 is 0 Å². The number of para-hydroxylation sites is 1. The minimum Gasteiger partial charge on any atom is -0.309 e. The molecule has 0 N–H and O–H groups in total. The van der Waals surface area contributed by atoms with Gasteiger partial charge < -0.3 is 4.57 Å². The van der Waals surface area contributed by atoms with E-state index < -0.39 is 23.5 Å². The molecule has 0 aliphatic carbocycles. The molecule has 8 aromatic carbocycles. The third kappa shape index (κ3) is 9.03. The maximum atomic E-state index is 14.1. The summed E-state index contributed by atoms with van der Waals surface area (Å²) in [6.07, 6.45) is -6.66. The molecule has 4 aromatic heterocycles. The highest BCUT2D eigenvalue weighted by Gasteiger charge is 2.37. The molecule has 0 unspecified atom stereocenters. The Hall–Kier alpha value is -9.69. The Bertz CT molecular complexity index is 3940. The van der Waals surface area contributed by atoms with Crippen molar-refractivity contribution in [3.05, 3.63) is 230 Å². The Morgan fingerprint density at radius 3 is 1.25 bits per heavy atom. The van der Waals surface area contributed by atoms with Gasteiger partial charge in [-0.3, -0.25) is 4.98 Å². The Morgan fingerprint density at radius 1 is 0.307 bits per heavy atom. The fraction of sp³-hybridized carbons (Fsp3) is 0.0328. The molecule has 0 saturated carbocycles. The number of hydrogen-bond donors (Lipinski definition) is 0. The van der Waals surface area contributed by atoms with E-state index in [1.165, 1.54) is 0 Å². The number of aromatic nitrogens is 8. The van der Waals surface area contributed by atoms with Crippen molar-refractivity contribution in [2.45, 2.75) is 12.4 Å². The molecule has 12 rings (SSSR count). The van der Waals surface area contributed by atoms with Crippen molar-refractivity contribution in [1.29, 1.82) is 0 Å². The van der Waals surface area contributed by atoms with Crippen LogP contribution in [0.4, 0.5) is 26.3 Å². The third-order valence-electron chi connectivity index (χ3n) is 12.8. The SMILES string of the molecule is FC(F)(F)c1cc(-c2ccc3c(c2)c2ccccc2n3-c2ccc(-c3nc(-c4ccccc4)nc(-c4ccccc4)n3)cc2-c2ccncc2-c2nc(-c3ccccc3)nc(-c3ccccc3)n2)cc(C(F)(F)F)c1. The topological polar surface area (TPSA) is 95.2 Å². The van der Waals surface area contributed by atoms with Gasteiger partial charge in [-0.05, 0) is 77.4 Å². The predicted molar refractivity (Wildman–Crippen MR) is 279 cm³/mol. The molecule has 0 aliphatic heterocycles. The van der Waals surface area contributed by atoms with Crippen molar-refractivity contribution < 1.29 is 26.3 Å². The van der Waals surface area contributed by atoms with Crippen LogP contribution in [0, 0.1) is 0 Å². The van der Waals surface area contributed by atoms with Crippen molar-refractivity contribution in [2.75, 3.05) is 0 Å². The first-order chi connectivity index (χ1) is 36.4. The fourth-order valence-electron chi connectivity index (χ4n) is 9.29. The lowest BCUT2D eigenvalue weighted by Gasteiger charge is -2.18. The van der Waals surface area contributed by atoms with Crippen LogP contribution in [0.3, 0.4) is 0 Å². The maximum absolute atomic E-state index is 14.1. The molecule has 14 heteroatoms. The van der Waals surface area contributed by atoms with Gasteiger partial charge in [-0.15, -0.1) is 0 Å². The number of hydrogen-bond acceptors (Lipinski definition) is 7. The third-order valence-corrected chi connectivity index (χ3v) is 12.8. The van der Waals surface area contributed by atoms with Gasteiger partial charge in [0.1, 0.15) is 0 Å². The molecule has 0 saturated heterocycles. The van der Waals surface area contributed by atoms with E-state index in [2.05, 4.69) is 4.98 Å². The number of pyridine rings is 1. The van der Waals surface area contributed by atoms with Gasteiger partial charge in [-0.1, -0.05) is 146 Å². The predicted octanol–water partition coefficient (Wildman–Crippen LogP) is 15.9. The number of alkyl halides is 6. The molecule has 0 radical (unpaired) electrons. The zero-order chi connectivity index (χ0) is 51.3. The zero-order valence-electron chi connectivity index (χ0n) is 39.1. The molecule has 0 fully saturated rings. The molecule has 0 bridgehead atoms. The van der Waals surface area contributed by atoms with E-state index in [4.69, 9.17) is 29.9 Å². The van der Waals surface area contributed by atoms with Gasteiger partial charge in [0, 0.05) is 62.1 Å². The van der Waals surface area contributed by atoms with Gasteiger partial charge in [0.05, 0.1) is 27.8 Å². The molecule has 4 heterocycles. The average Bonchev–Trinajstić information content (AvgIpc) is 3.79. The average molecular weight is 995 g/mol. The largest absolute Gasteiger partial charge is 0.416 e. The molecule has 0 aliphatic rings. The van der Waals surface area contributed by atoms with Crippen LogP contribution in [-0.2, 0) is 12.4 Å².